The van der Waals surface area contributed by atoms with Gasteiger partial charge in [0.15, 0.2) is 0 Å². The van der Waals surface area contributed by atoms with E-state index in [0.717, 1.165) is 25.1 Å². The third-order valence-electron chi connectivity index (χ3n) is 3.28. The third kappa shape index (κ3) is 4.69. The fourth-order valence-electron chi connectivity index (χ4n) is 2.35. The van der Waals surface area contributed by atoms with Crippen LogP contribution in [0.5, 0.6) is 5.75 Å². The van der Waals surface area contributed by atoms with Crippen molar-refractivity contribution >= 4 is 17.6 Å². The summed E-state index contributed by atoms with van der Waals surface area (Å²) in [6, 6.07) is 7.72. The zero-order chi connectivity index (χ0) is 14.4. The second-order valence-corrected chi connectivity index (χ2v) is 5.32. The zero-order valence-corrected chi connectivity index (χ0v) is 12.4. The van der Waals surface area contributed by atoms with Crippen LogP contribution >= 0.6 is 11.6 Å². The lowest BCUT2D eigenvalue weighted by Gasteiger charge is -2.13. The summed E-state index contributed by atoms with van der Waals surface area (Å²) < 4.78 is 10.8. The Balaban J connectivity index is 1.73. The van der Waals surface area contributed by atoms with Crippen LogP contribution in [-0.4, -0.2) is 31.3 Å². The number of carbonyl (C=O) groups is 1. The van der Waals surface area contributed by atoms with Gasteiger partial charge in [-0.25, -0.2) is 0 Å². The summed E-state index contributed by atoms with van der Waals surface area (Å²) in [6.45, 7) is 3.05. The molecule has 1 saturated heterocycles. The van der Waals surface area contributed by atoms with Crippen LogP contribution < -0.4 is 10.1 Å². The van der Waals surface area contributed by atoms with Gasteiger partial charge >= 0.3 is 5.97 Å². The fraction of sp³-hybridized carbons (Fsp3) is 0.533. The van der Waals surface area contributed by atoms with E-state index in [9.17, 15) is 4.79 Å². The Morgan fingerprint density at radius 1 is 1.50 bits per heavy atom. The number of halogens is 1. The maximum absolute atomic E-state index is 11.3. The van der Waals surface area contributed by atoms with Crippen molar-refractivity contribution in [2.24, 2.45) is 0 Å². The van der Waals surface area contributed by atoms with Crippen molar-refractivity contribution in [1.82, 2.24) is 5.32 Å². The van der Waals surface area contributed by atoms with Crippen molar-refractivity contribution in [3.8, 4) is 5.75 Å². The Kier molecular flexibility index (Phi) is 5.68. The normalized spacial score (nSPS) is 21.7. The van der Waals surface area contributed by atoms with E-state index in [1.807, 2.05) is 31.2 Å². The van der Waals surface area contributed by atoms with Gasteiger partial charge in [-0.2, -0.15) is 0 Å². The summed E-state index contributed by atoms with van der Waals surface area (Å²) >= 11 is 5.93. The number of hydrogen-bond donors (Lipinski definition) is 1. The molecule has 4 nitrogen and oxygen atoms in total. The lowest BCUT2D eigenvalue weighted by atomic mass is 10.1. The third-order valence-corrected chi connectivity index (χ3v) is 3.52. The summed E-state index contributed by atoms with van der Waals surface area (Å²) in [5.74, 6) is 0.656. The van der Waals surface area contributed by atoms with Crippen molar-refractivity contribution < 1.29 is 14.3 Å². The first-order chi connectivity index (χ1) is 9.67. The minimum atomic E-state index is -0.131. The lowest BCUT2D eigenvalue weighted by molar-refractivity contribution is -0.143. The molecule has 0 unspecified atom stereocenters. The van der Waals surface area contributed by atoms with Crippen LogP contribution in [0.2, 0.25) is 5.02 Å². The molecule has 0 aliphatic carbocycles. The first-order valence-electron chi connectivity index (χ1n) is 6.98. The molecule has 0 radical (unpaired) electrons. The summed E-state index contributed by atoms with van der Waals surface area (Å²) in [5.41, 5.74) is 0. The van der Waals surface area contributed by atoms with Crippen LogP contribution in [0, 0.1) is 0 Å². The number of nitrogens with one attached hydrogen (secondary N) is 1. The molecule has 1 aromatic carbocycles. The van der Waals surface area contributed by atoms with Gasteiger partial charge in [-0.3, -0.25) is 4.79 Å². The van der Waals surface area contributed by atoms with Gasteiger partial charge < -0.3 is 14.8 Å². The Hall–Kier alpha value is -1.26. The molecule has 0 saturated carbocycles. The molecule has 1 aromatic rings. The molecule has 0 amide bonds. The molecule has 0 aromatic heterocycles. The fourth-order valence-corrected chi connectivity index (χ4v) is 2.53. The van der Waals surface area contributed by atoms with E-state index >= 15 is 0 Å². The average molecular weight is 298 g/mol. The molecule has 110 valence electrons. The molecule has 2 rings (SSSR count). The second kappa shape index (κ2) is 7.50. The first-order valence-corrected chi connectivity index (χ1v) is 7.36. The Bertz CT molecular complexity index is 452. The molecule has 1 aliphatic heterocycles. The van der Waals surface area contributed by atoms with E-state index in [1.54, 1.807) is 0 Å². The van der Waals surface area contributed by atoms with Gasteiger partial charge in [0.2, 0.25) is 0 Å². The monoisotopic (exact) mass is 297 g/mol. The molecule has 1 aliphatic rings. The number of carbonyl (C=O) groups excluding carboxylic acids is 1. The molecule has 0 bridgehead atoms. The zero-order valence-electron chi connectivity index (χ0n) is 11.6. The molecular weight excluding hydrogens is 278 g/mol. The van der Waals surface area contributed by atoms with Gasteiger partial charge in [0.25, 0.3) is 0 Å². The van der Waals surface area contributed by atoms with Gasteiger partial charge in [0.1, 0.15) is 11.9 Å². The van der Waals surface area contributed by atoms with E-state index in [-0.39, 0.29) is 12.1 Å². The van der Waals surface area contributed by atoms with Gasteiger partial charge in [0, 0.05) is 30.5 Å². The first kappa shape index (κ1) is 15.1. The lowest BCUT2D eigenvalue weighted by Crippen LogP contribution is -2.23. The van der Waals surface area contributed by atoms with Gasteiger partial charge in [-0.15, -0.1) is 0 Å². The Morgan fingerprint density at radius 3 is 3.10 bits per heavy atom. The van der Waals surface area contributed by atoms with E-state index in [4.69, 9.17) is 21.1 Å². The number of ether oxygens (including phenoxy) is 2. The SMILES string of the molecule is CCOC(=O)CC[C@@H]1C[C@H](Oc2cccc(Cl)c2)CN1. The molecule has 1 heterocycles. The van der Waals surface area contributed by atoms with Crippen LogP contribution in [0.4, 0.5) is 0 Å². The van der Waals surface area contributed by atoms with Crippen LogP contribution in [0.15, 0.2) is 24.3 Å². The van der Waals surface area contributed by atoms with E-state index in [2.05, 4.69) is 5.32 Å². The predicted octanol–water partition coefficient (Wildman–Crippen LogP) is 2.79. The number of hydrogen-bond acceptors (Lipinski definition) is 4. The summed E-state index contributed by atoms with van der Waals surface area (Å²) in [6.07, 6.45) is 2.26. The van der Waals surface area contributed by atoms with Crippen LogP contribution in [0.25, 0.3) is 0 Å². The number of rotatable bonds is 6. The maximum Gasteiger partial charge on any atom is 0.305 e. The standard InChI is InChI=1S/C15H20ClNO3/c1-2-19-15(18)7-6-12-9-14(10-17-12)20-13-5-3-4-11(16)8-13/h3-5,8,12,14,17H,2,6-7,9-10H2,1H3/t12-,14+/m1/s1. The molecule has 20 heavy (non-hydrogen) atoms. The molecule has 1 N–H and O–H groups in total. The highest BCUT2D eigenvalue weighted by molar-refractivity contribution is 6.30. The van der Waals surface area contributed by atoms with Gasteiger partial charge in [0.05, 0.1) is 6.61 Å². The van der Waals surface area contributed by atoms with Crippen LogP contribution in [0.3, 0.4) is 0 Å². The highest BCUT2D eigenvalue weighted by atomic mass is 35.5. The van der Waals surface area contributed by atoms with Crippen molar-refractivity contribution in [2.75, 3.05) is 13.2 Å². The average Bonchev–Trinajstić information content (AvgIpc) is 2.84. The highest BCUT2D eigenvalue weighted by Crippen LogP contribution is 2.22. The second-order valence-electron chi connectivity index (χ2n) is 4.88. The van der Waals surface area contributed by atoms with Crippen molar-refractivity contribution in [1.29, 1.82) is 0 Å². The van der Waals surface area contributed by atoms with Crippen molar-refractivity contribution in [3.05, 3.63) is 29.3 Å². The smallest absolute Gasteiger partial charge is 0.305 e. The summed E-state index contributed by atoms with van der Waals surface area (Å²) in [4.78, 5) is 11.3. The van der Waals surface area contributed by atoms with Crippen LogP contribution in [-0.2, 0) is 9.53 Å². The van der Waals surface area contributed by atoms with Crippen LogP contribution in [0.1, 0.15) is 26.2 Å². The van der Waals surface area contributed by atoms with Crippen molar-refractivity contribution in [3.63, 3.8) is 0 Å². The van der Waals surface area contributed by atoms with E-state index in [0.29, 0.717) is 24.1 Å². The topological polar surface area (TPSA) is 47.6 Å². The van der Waals surface area contributed by atoms with Gasteiger partial charge in [-0.05, 0) is 31.5 Å². The molecular formula is C15H20ClNO3. The maximum atomic E-state index is 11.3. The number of benzene rings is 1. The highest BCUT2D eigenvalue weighted by Gasteiger charge is 2.26. The predicted molar refractivity (Wildman–Crippen MR) is 78.1 cm³/mol. The quantitative estimate of drug-likeness (QED) is 0.820. The largest absolute Gasteiger partial charge is 0.489 e. The Labute approximate surface area is 124 Å². The van der Waals surface area contributed by atoms with Crippen molar-refractivity contribution in [2.45, 2.75) is 38.3 Å². The van der Waals surface area contributed by atoms with Gasteiger partial charge in [-0.1, -0.05) is 17.7 Å². The summed E-state index contributed by atoms with van der Waals surface area (Å²) in [7, 11) is 0. The summed E-state index contributed by atoms with van der Waals surface area (Å²) in [5, 5.41) is 4.05. The molecule has 0 spiro atoms. The Morgan fingerprint density at radius 2 is 2.35 bits per heavy atom. The van der Waals surface area contributed by atoms with E-state index < -0.39 is 0 Å². The molecule has 1 fully saturated rings. The minimum Gasteiger partial charge on any atom is -0.489 e. The molecule has 5 heteroatoms. The molecule has 2 atom stereocenters. The minimum absolute atomic E-state index is 0.126. The number of esters is 1. The van der Waals surface area contributed by atoms with E-state index in [1.165, 1.54) is 0 Å².